The number of halogens is 3. The molecule has 0 radical (unpaired) electrons. The van der Waals surface area contributed by atoms with E-state index in [-0.39, 0.29) is 12.8 Å². The van der Waals surface area contributed by atoms with Gasteiger partial charge >= 0.3 is 6.18 Å². The molecule has 1 fully saturated rings. The highest BCUT2D eigenvalue weighted by atomic mass is 19.4. The predicted molar refractivity (Wildman–Crippen MR) is 67.4 cm³/mol. The second kappa shape index (κ2) is 4.65. The van der Waals surface area contributed by atoms with E-state index in [0.717, 1.165) is 5.56 Å². The first-order valence-electron chi connectivity index (χ1n) is 6.92. The predicted octanol–water partition coefficient (Wildman–Crippen LogP) is 3.99. The van der Waals surface area contributed by atoms with E-state index in [1.54, 1.807) is 12.1 Å². The van der Waals surface area contributed by atoms with Gasteiger partial charge in [0.05, 0.1) is 12.0 Å². The Kier molecular flexibility index (Phi) is 3.20. The number of para-hydroxylation sites is 1. The molecule has 1 aliphatic heterocycles. The summed E-state index contributed by atoms with van der Waals surface area (Å²) in [6, 6.07) is 7.21. The molecule has 1 aromatic carbocycles. The first-order chi connectivity index (χ1) is 9.40. The molecule has 110 valence electrons. The van der Waals surface area contributed by atoms with Crippen molar-refractivity contribution in [1.29, 1.82) is 0 Å². The molecule has 1 N–H and O–H groups in total. The summed E-state index contributed by atoms with van der Waals surface area (Å²) in [4.78, 5) is 0. The van der Waals surface area contributed by atoms with Gasteiger partial charge in [0.1, 0.15) is 11.4 Å². The number of rotatable bonds is 0. The number of hydrogen-bond donors (Lipinski definition) is 1. The van der Waals surface area contributed by atoms with Crippen molar-refractivity contribution in [2.75, 3.05) is 0 Å². The molecule has 0 bridgehead atoms. The van der Waals surface area contributed by atoms with Gasteiger partial charge in [-0.2, -0.15) is 13.2 Å². The Bertz CT molecular complexity index is 490. The fraction of sp³-hybridized carbons (Fsp3) is 0.600. The highest BCUT2D eigenvalue weighted by Crippen LogP contribution is 2.49. The Hall–Kier alpha value is -1.23. The fourth-order valence-corrected chi connectivity index (χ4v) is 3.36. The summed E-state index contributed by atoms with van der Waals surface area (Å²) in [5.41, 5.74) is 0.103. The summed E-state index contributed by atoms with van der Waals surface area (Å²) in [5.74, 6) is -0.622. The number of hydrogen-bond acceptors (Lipinski definition) is 2. The van der Waals surface area contributed by atoms with Crippen molar-refractivity contribution in [3.05, 3.63) is 29.8 Å². The maximum atomic E-state index is 12.7. The summed E-state index contributed by atoms with van der Waals surface area (Å²) in [5, 5.41) is 10.2. The topological polar surface area (TPSA) is 29.5 Å². The van der Waals surface area contributed by atoms with Crippen LogP contribution in [-0.4, -0.2) is 16.9 Å². The third kappa shape index (κ3) is 2.39. The zero-order chi connectivity index (χ0) is 14.4. The summed E-state index contributed by atoms with van der Waals surface area (Å²) in [7, 11) is 0. The average molecular weight is 286 g/mol. The molecule has 1 atom stereocenters. The Morgan fingerprint density at radius 1 is 1.15 bits per heavy atom. The first kappa shape index (κ1) is 13.7. The molecule has 1 spiro atoms. The quantitative estimate of drug-likeness (QED) is 0.781. The van der Waals surface area contributed by atoms with E-state index >= 15 is 0 Å². The highest BCUT2D eigenvalue weighted by molar-refractivity contribution is 5.38. The zero-order valence-electron chi connectivity index (χ0n) is 11.0. The van der Waals surface area contributed by atoms with E-state index in [0.29, 0.717) is 25.0 Å². The van der Waals surface area contributed by atoms with Gasteiger partial charge in [0, 0.05) is 12.0 Å². The first-order valence-corrected chi connectivity index (χ1v) is 6.92. The van der Waals surface area contributed by atoms with Crippen molar-refractivity contribution in [3.63, 3.8) is 0 Å². The molecular formula is C15H17F3O2. The third-order valence-corrected chi connectivity index (χ3v) is 4.53. The molecule has 0 aromatic heterocycles. The molecule has 20 heavy (non-hydrogen) atoms. The zero-order valence-corrected chi connectivity index (χ0v) is 11.0. The van der Waals surface area contributed by atoms with E-state index in [9.17, 15) is 18.3 Å². The maximum Gasteiger partial charge on any atom is 0.391 e. The molecule has 3 rings (SSSR count). The van der Waals surface area contributed by atoms with Crippen molar-refractivity contribution >= 4 is 0 Å². The summed E-state index contributed by atoms with van der Waals surface area (Å²) in [6.07, 6.45) is -3.52. The lowest BCUT2D eigenvalue weighted by molar-refractivity contribution is -0.193. The van der Waals surface area contributed by atoms with Crippen LogP contribution in [0.1, 0.15) is 43.8 Å². The molecule has 1 heterocycles. The largest absolute Gasteiger partial charge is 0.487 e. The maximum absolute atomic E-state index is 12.7. The Morgan fingerprint density at radius 2 is 1.80 bits per heavy atom. The summed E-state index contributed by atoms with van der Waals surface area (Å²) < 4.78 is 44.1. The van der Waals surface area contributed by atoms with Crippen LogP contribution in [0.25, 0.3) is 0 Å². The van der Waals surface area contributed by atoms with Crippen LogP contribution in [0.3, 0.4) is 0 Å². The summed E-state index contributed by atoms with van der Waals surface area (Å²) in [6.45, 7) is 0. The molecule has 2 aliphatic rings. The van der Waals surface area contributed by atoms with Crippen LogP contribution >= 0.6 is 0 Å². The second-order valence-electron chi connectivity index (χ2n) is 5.86. The number of aliphatic hydroxyl groups excluding tert-OH is 1. The smallest absolute Gasteiger partial charge is 0.391 e. The van der Waals surface area contributed by atoms with Gasteiger partial charge in [0.25, 0.3) is 0 Å². The van der Waals surface area contributed by atoms with Crippen molar-refractivity contribution < 1.29 is 23.0 Å². The normalized spacial score (nSPS) is 33.6. The number of ether oxygens (including phenoxy) is 1. The minimum atomic E-state index is -4.12. The molecule has 1 aliphatic carbocycles. The lowest BCUT2D eigenvalue weighted by Crippen LogP contribution is -2.46. The molecule has 1 aromatic rings. The van der Waals surface area contributed by atoms with E-state index in [1.165, 1.54) is 0 Å². The number of alkyl halides is 3. The minimum Gasteiger partial charge on any atom is -0.487 e. The Morgan fingerprint density at radius 3 is 2.45 bits per heavy atom. The van der Waals surface area contributed by atoms with Gasteiger partial charge in [-0.05, 0) is 31.7 Å². The van der Waals surface area contributed by atoms with Crippen LogP contribution in [0, 0.1) is 5.92 Å². The SMILES string of the molecule is OC1CC2(CCC(C(F)(F)F)CC2)Oc2ccccc21. The van der Waals surface area contributed by atoms with Crippen LogP contribution in [0.15, 0.2) is 24.3 Å². The van der Waals surface area contributed by atoms with Crippen molar-refractivity contribution in [1.82, 2.24) is 0 Å². The van der Waals surface area contributed by atoms with Gasteiger partial charge in [-0.15, -0.1) is 0 Å². The third-order valence-electron chi connectivity index (χ3n) is 4.53. The van der Waals surface area contributed by atoms with Gasteiger partial charge < -0.3 is 9.84 Å². The van der Waals surface area contributed by atoms with Gasteiger partial charge in [0.15, 0.2) is 0 Å². The lowest BCUT2D eigenvalue weighted by Gasteiger charge is -2.45. The number of fused-ring (bicyclic) bond motifs is 1. The minimum absolute atomic E-state index is 0.0817. The monoisotopic (exact) mass is 286 g/mol. The van der Waals surface area contributed by atoms with Crippen molar-refractivity contribution in [3.8, 4) is 5.75 Å². The molecule has 1 unspecified atom stereocenters. The van der Waals surface area contributed by atoms with Crippen molar-refractivity contribution in [2.45, 2.75) is 50.0 Å². The summed E-state index contributed by atoms with van der Waals surface area (Å²) >= 11 is 0. The Labute approximate surface area is 115 Å². The van der Waals surface area contributed by atoms with E-state index < -0.39 is 23.8 Å². The van der Waals surface area contributed by atoms with Crippen LogP contribution in [0.2, 0.25) is 0 Å². The van der Waals surface area contributed by atoms with Crippen LogP contribution in [-0.2, 0) is 0 Å². The van der Waals surface area contributed by atoms with E-state index in [4.69, 9.17) is 4.74 Å². The molecule has 0 saturated heterocycles. The van der Waals surface area contributed by atoms with Gasteiger partial charge in [-0.3, -0.25) is 0 Å². The standard InChI is InChI=1S/C15H17F3O2/c16-15(17,18)10-5-7-14(8-6-10)9-12(19)11-3-1-2-4-13(11)20-14/h1-4,10,12,19H,5-9H2. The van der Waals surface area contributed by atoms with Gasteiger partial charge in [-0.1, -0.05) is 18.2 Å². The molecule has 1 saturated carbocycles. The highest BCUT2D eigenvalue weighted by Gasteiger charge is 2.49. The molecule has 2 nitrogen and oxygen atoms in total. The van der Waals surface area contributed by atoms with Crippen molar-refractivity contribution in [2.24, 2.45) is 5.92 Å². The molecule has 0 amide bonds. The lowest BCUT2D eigenvalue weighted by atomic mass is 9.74. The van der Waals surface area contributed by atoms with Gasteiger partial charge in [-0.25, -0.2) is 0 Å². The van der Waals surface area contributed by atoms with Crippen LogP contribution in [0.4, 0.5) is 13.2 Å². The Balaban J connectivity index is 1.77. The second-order valence-corrected chi connectivity index (χ2v) is 5.86. The number of aliphatic hydroxyl groups is 1. The van der Waals surface area contributed by atoms with Crippen LogP contribution < -0.4 is 4.74 Å². The number of benzene rings is 1. The van der Waals surface area contributed by atoms with E-state index in [2.05, 4.69) is 0 Å². The van der Waals surface area contributed by atoms with Crippen LogP contribution in [0.5, 0.6) is 5.75 Å². The van der Waals surface area contributed by atoms with Gasteiger partial charge in [0.2, 0.25) is 0 Å². The average Bonchev–Trinajstić information content (AvgIpc) is 2.38. The molecule has 5 heteroatoms. The van der Waals surface area contributed by atoms with E-state index in [1.807, 2.05) is 12.1 Å². The fourth-order valence-electron chi connectivity index (χ4n) is 3.36. The molecular weight excluding hydrogens is 269 g/mol.